The summed E-state index contributed by atoms with van der Waals surface area (Å²) < 4.78 is 18.1. The number of hydrogen-bond acceptors (Lipinski definition) is 8. The van der Waals surface area contributed by atoms with Crippen molar-refractivity contribution in [2.24, 2.45) is 4.99 Å². The van der Waals surface area contributed by atoms with E-state index in [1.165, 1.54) is 23.0 Å². The number of aromatic nitrogens is 1. The van der Waals surface area contributed by atoms with Crippen LogP contribution in [0.3, 0.4) is 0 Å². The highest BCUT2D eigenvalue weighted by Gasteiger charge is 2.34. The topological polar surface area (TPSA) is 100 Å². The Kier molecular flexibility index (Phi) is 8.04. The zero-order valence-corrected chi connectivity index (χ0v) is 24.8. The molecule has 11 heteroatoms. The number of hydrogen-bond donors (Lipinski definition) is 0. The number of fused-ring (bicyclic) bond motifs is 1. The van der Waals surface area contributed by atoms with E-state index in [0.29, 0.717) is 53.3 Å². The van der Waals surface area contributed by atoms with Crippen LogP contribution in [0.1, 0.15) is 48.5 Å². The summed E-state index contributed by atoms with van der Waals surface area (Å²) in [6.07, 6.45) is 1.24. The zero-order valence-electron chi connectivity index (χ0n) is 22.4. The van der Waals surface area contributed by atoms with E-state index < -0.39 is 18.0 Å². The average Bonchev–Trinajstić information content (AvgIpc) is 3.52. The Bertz CT molecular complexity index is 1880. The molecule has 0 bridgehead atoms. The molecule has 0 aliphatic carbocycles. The van der Waals surface area contributed by atoms with Gasteiger partial charge in [-0.2, -0.15) is 0 Å². The Morgan fingerprint density at radius 1 is 1.07 bits per heavy atom. The Morgan fingerprint density at radius 3 is 2.49 bits per heavy atom. The molecule has 3 heterocycles. The smallest absolute Gasteiger partial charge is 0.338 e. The molecule has 1 aliphatic rings. The summed E-state index contributed by atoms with van der Waals surface area (Å²) in [6, 6.07) is 14.4. The fourth-order valence-corrected chi connectivity index (χ4v) is 5.91. The number of benzene rings is 2. The summed E-state index contributed by atoms with van der Waals surface area (Å²) in [5.41, 5.74) is 1.87. The third-order valence-corrected chi connectivity index (χ3v) is 8.15. The van der Waals surface area contributed by atoms with Crippen molar-refractivity contribution in [1.82, 2.24) is 4.57 Å². The summed E-state index contributed by atoms with van der Waals surface area (Å²) >= 11 is 13.7. The number of esters is 2. The van der Waals surface area contributed by atoms with Crippen molar-refractivity contribution in [3.63, 3.8) is 0 Å². The van der Waals surface area contributed by atoms with E-state index >= 15 is 0 Å². The lowest BCUT2D eigenvalue weighted by Gasteiger charge is -2.25. The molecule has 1 atom stereocenters. The second-order valence-electron chi connectivity index (χ2n) is 9.45. The van der Waals surface area contributed by atoms with Gasteiger partial charge in [0.15, 0.2) is 4.80 Å². The fourth-order valence-electron chi connectivity index (χ4n) is 4.49. The van der Waals surface area contributed by atoms with Gasteiger partial charge in [0.2, 0.25) is 0 Å². The number of allylic oxidation sites excluding steroid dienone is 1. The molecule has 0 N–H and O–H groups in total. The van der Waals surface area contributed by atoms with Crippen LogP contribution in [0.4, 0.5) is 0 Å². The maximum Gasteiger partial charge on any atom is 0.338 e. The first-order valence-corrected chi connectivity index (χ1v) is 14.1. The first kappa shape index (κ1) is 28.6. The van der Waals surface area contributed by atoms with Gasteiger partial charge in [0.1, 0.15) is 11.5 Å². The molecule has 0 spiro atoms. The molecular formula is C30H24Cl2N2O6S. The standard InChI is InChI=1S/C30H24Cl2N2O6S/c1-15(2)39-29(37)24-16(3)33-30-34(26(24)17-8-10-18(11-9-17)28(36)38-4)27(35)23(41-30)14-19-12-13-22(40-19)20-6-5-7-21(31)25(20)32/h5-15,26H,1-4H3. The van der Waals surface area contributed by atoms with Crippen molar-refractivity contribution in [1.29, 1.82) is 0 Å². The van der Waals surface area contributed by atoms with E-state index in [9.17, 15) is 14.4 Å². The monoisotopic (exact) mass is 610 g/mol. The highest BCUT2D eigenvalue weighted by atomic mass is 35.5. The van der Waals surface area contributed by atoms with Crippen molar-refractivity contribution >= 4 is 52.6 Å². The van der Waals surface area contributed by atoms with Gasteiger partial charge in [-0.25, -0.2) is 14.6 Å². The summed E-state index contributed by atoms with van der Waals surface area (Å²) in [7, 11) is 1.30. The molecular weight excluding hydrogens is 587 g/mol. The summed E-state index contributed by atoms with van der Waals surface area (Å²) in [6.45, 7) is 5.20. The van der Waals surface area contributed by atoms with Gasteiger partial charge in [-0.05, 0) is 62.7 Å². The minimum absolute atomic E-state index is 0.236. The first-order valence-electron chi connectivity index (χ1n) is 12.5. The summed E-state index contributed by atoms with van der Waals surface area (Å²) in [5.74, 6) is -0.153. The molecule has 210 valence electrons. The Labute approximate surface area is 248 Å². The van der Waals surface area contributed by atoms with Crippen LogP contribution < -0.4 is 14.9 Å². The van der Waals surface area contributed by atoms with Crippen LogP contribution in [-0.2, 0) is 14.3 Å². The van der Waals surface area contributed by atoms with E-state index in [-0.39, 0.29) is 17.2 Å². The van der Waals surface area contributed by atoms with E-state index in [1.54, 1.807) is 81.4 Å². The third-order valence-electron chi connectivity index (χ3n) is 6.35. The van der Waals surface area contributed by atoms with E-state index in [2.05, 4.69) is 4.99 Å². The van der Waals surface area contributed by atoms with Crippen LogP contribution in [0.15, 0.2) is 80.1 Å². The van der Waals surface area contributed by atoms with Crippen LogP contribution in [0, 0.1) is 0 Å². The van der Waals surface area contributed by atoms with E-state index in [0.717, 1.165) is 0 Å². The number of nitrogens with zero attached hydrogens (tertiary/aromatic N) is 2. The second-order valence-corrected chi connectivity index (χ2v) is 11.2. The largest absolute Gasteiger partial charge is 0.465 e. The van der Waals surface area contributed by atoms with Gasteiger partial charge >= 0.3 is 11.9 Å². The molecule has 8 nitrogen and oxygen atoms in total. The molecule has 2 aromatic heterocycles. The summed E-state index contributed by atoms with van der Waals surface area (Å²) in [5, 5.41) is 0.765. The summed E-state index contributed by atoms with van der Waals surface area (Å²) in [4.78, 5) is 44.1. The van der Waals surface area contributed by atoms with Gasteiger partial charge in [-0.3, -0.25) is 9.36 Å². The van der Waals surface area contributed by atoms with Crippen LogP contribution in [0.2, 0.25) is 10.0 Å². The van der Waals surface area contributed by atoms with Crippen LogP contribution >= 0.6 is 34.5 Å². The SMILES string of the molecule is COC(=O)c1ccc(C2C(C(=O)OC(C)C)=C(C)N=c3sc(=Cc4ccc(-c5cccc(Cl)c5Cl)o4)c(=O)n32)cc1. The van der Waals surface area contributed by atoms with Gasteiger partial charge < -0.3 is 13.9 Å². The maximum atomic E-state index is 13.8. The van der Waals surface area contributed by atoms with E-state index in [1.807, 2.05) is 0 Å². The van der Waals surface area contributed by atoms with Crippen molar-refractivity contribution in [3.8, 4) is 11.3 Å². The highest BCUT2D eigenvalue weighted by molar-refractivity contribution is 7.07. The lowest BCUT2D eigenvalue weighted by Crippen LogP contribution is -2.40. The second kappa shape index (κ2) is 11.5. The normalized spacial score (nSPS) is 15.1. The molecule has 41 heavy (non-hydrogen) atoms. The maximum absolute atomic E-state index is 13.8. The quantitative estimate of drug-likeness (QED) is 0.266. The zero-order chi connectivity index (χ0) is 29.4. The van der Waals surface area contributed by atoms with Crippen molar-refractivity contribution in [3.05, 3.63) is 112 Å². The third kappa shape index (κ3) is 5.53. The van der Waals surface area contributed by atoms with Crippen LogP contribution in [-0.4, -0.2) is 29.7 Å². The minimum Gasteiger partial charge on any atom is -0.465 e. The number of rotatable bonds is 6. The lowest BCUT2D eigenvalue weighted by molar-refractivity contribution is -0.143. The first-order chi connectivity index (χ1) is 19.6. The molecule has 2 aromatic carbocycles. The Hall–Kier alpha value is -3.92. The van der Waals surface area contributed by atoms with Gasteiger partial charge in [0.25, 0.3) is 5.56 Å². The van der Waals surface area contributed by atoms with Crippen molar-refractivity contribution < 1.29 is 23.5 Å². The molecule has 0 amide bonds. The van der Waals surface area contributed by atoms with Crippen molar-refractivity contribution in [2.45, 2.75) is 32.9 Å². The van der Waals surface area contributed by atoms with Crippen LogP contribution in [0.5, 0.6) is 0 Å². The molecule has 0 fully saturated rings. The Morgan fingerprint density at radius 2 is 1.80 bits per heavy atom. The molecule has 1 aliphatic heterocycles. The number of carbonyl (C=O) groups is 2. The molecule has 5 rings (SSSR count). The number of methoxy groups -OCH3 is 1. The fraction of sp³-hybridized carbons (Fsp3) is 0.200. The molecule has 4 aromatic rings. The molecule has 0 saturated carbocycles. The van der Waals surface area contributed by atoms with E-state index in [4.69, 9.17) is 37.1 Å². The molecule has 0 radical (unpaired) electrons. The number of thiazole rings is 1. The van der Waals surface area contributed by atoms with Gasteiger partial charge in [-0.15, -0.1) is 0 Å². The lowest BCUT2D eigenvalue weighted by atomic mass is 9.95. The van der Waals surface area contributed by atoms with Crippen molar-refractivity contribution in [2.75, 3.05) is 7.11 Å². The predicted molar refractivity (Wildman–Crippen MR) is 157 cm³/mol. The number of halogens is 2. The van der Waals surface area contributed by atoms with Gasteiger partial charge in [-0.1, -0.05) is 52.7 Å². The number of ether oxygens (including phenoxy) is 2. The molecule has 1 unspecified atom stereocenters. The Balaban J connectivity index is 1.63. The number of furan rings is 1. The highest BCUT2D eigenvalue weighted by Crippen LogP contribution is 2.35. The minimum atomic E-state index is -0.830. The average molecular weight is 612 g/mol. The van der Waals surface area contributed by atoms with Crippen LogP contribution in [0.25, 0.3) is 17.4 Å². The molecule has 0 saturated heterocycles. The van der Waals surface area contributed by atoms with Gasteiger partial charge in [0, 0.05) is 11.6 Å². The van der Waals surface area contributed by atoms with Gasteiger partial charge in [0.05, 0.1) is 50.7 Å². The number of carbonyl (C=O) groups excluding carboxylic acids is 2. The predicted octanol–water partition coefficient (Wildman–Crippen LogP) is 5.54.